The lowest BCUT2D eigenvalue weighted by Crippen LogP contribution is -2.10. The lowest BCUT2D eigenvalue weighted by Gasteiger charge is -1.99. The summed E-state index contributed by atoms with van der Waals surface area (Å²) in [6.45, 7) is 0.428. The Hall–Kier alpha value is -1.82. The van der Waals surface area contributed by atoms with Crippen LogP contribution < -0.4 is 5.32 Å². The average molecular weight is 255 g/mol. The highest BCUT2D eigenvalue weighted by Gasteiger charge is 2.04. The van der Waals surface area contributed by atoms with Crippen LogP contribution in [0.2, 0.25) is 5.02 Å². The van der Waals surface area contributed by atoms with Gasteiger partial charge in [0.2, 0.25) is 5.95 Å². The third-order valence-electron chi connectivity index (χ3n) is 2.13. The standard InChI is InChI=1S/C10H11ClN4O2/c1-17-9(16)4-5-12-10-13-8-3-2-7(11)6-15(8)14-10/h2-3,6H,4-5H2,1H3,(H,12,14). The minimum absolute atomic E-state index is 0.271. The summed E-state index contributed by atoms with van der Waals surface area (Å²) in [6, 6.07) is 3.50. The van der Waals surface area contributed by atoms with Crippen LogP contribution in [-0.2, 0) is 9.53 Å². The van der Waals surface area contributed by atoms with Crippen molar-refractivity contribution in [1.29, 1.82) is 0 Å². The topological polar surface area (TPSA) is 68.5 Å². The van der Waals surface area contributed by atoms with Gasteiger partial charge in [-0.1, -0.05) is 11.6 Å². The van der Waals surface area contributed by atoms with E-state index >= 15 is 0 Å². The fraction of sp³-hybridized carbons (Fsp3) is 0.300. The zero-order valence-electron chi connectivity index (χ0n) is 9.18. The molecule has 90 valence electrons. The first-order chi connectivity index (χ1) is 8.19. The molecule has 0 aliphatic heterocycles. The zero-order valence-corrected chi connectivity index (χ0v) is 9.94. The Morgan fingerprint density at radius 1 is 1.59 bits per heavy atom. The number of nitrogens with zero attached hydrogens (tertiary/aromatic N) is 3. The van der Waals surface area contributed by atoms with E-state index in [-0.39, 0.29) is 12.4 Å². The maximum absolute atomic E-state index is 10.9. The molecule has 0 saturated heterocycles. The van der Waals surface area contributed by atoms with Gasteiger partial charge in [0.1, 0.15) is 0 Å². The highest BCUT2D eigenvalue weighted by molar-refractivity contribution is 6.30. The normalized spacial score (nSPS) is 10.5. The molecule has 0 amide bonds. The monoisotopic (exact) mass is 254 g/mol. The summed E-state index contributed by atoms with van der Waals surface area (Å²) in [6.07, 6.45) is 1.93. The molecule has 0 atom stereocenters. The van der Waals surface area contributed by atoms with Gasteiger partial charge in [0.05, 0.1) is 18.6 Å². The maximum atomic E-state index is 10.9. The minimum Gasteiger partial charge on any atom is -0.469 e. The summed E-state index contributed by atoms with van der Waals surface area (Å²) in [5.74, 6) is 0.181. The van der Waals surface area contributed by atoms with Crippen LogP contribution in [0.1, 0.15) is 6.42 Å². The number of carbonyl (C=O) groups is 1. The van der Waals surface area contributed by atoms with E-state index in [1.54, 1.807) is 22.8 Å². The van der Waals surface area contributed by atoms with Gasteiger partial charge >= 0.3 is 5.97 Å². The lowest BCUT2D eigenvalue weighted by atomic mass is 10.4. The molecule has 0 saturated carbocycles. The zero-order chi connectivity index (χ0) is 12.3. The first-order valence-electron chi connectivity index (χ1n) is 5.01. The Kier molecular flexibility index (Phi) is 3.43. The number of nitrogens with one attached hydrogen (secondary N) is 1. The number of esters is 1. The summed E-state index contributed by atoms with van der Waals surface area (Å²) >= 11 is 5.82. The number of ether oxygens (including phenoxy) is 1. The molecule has 2 aromatic rings. The lowest BCUT2D eigenvalue weighted by molar-refractivity contribution is -0.140. The molecule has 6 nitrogen and oxygen atoms in total. The molecular formula is C10H11ClN4O2. The van der Waals surface area contributed by atoms with E-state index in [1.165, 1.54) is 7.11 Å². The number of pyridine rings is 1. The number of hydrogen-bond donors (Lipinski definition) is 1. The molecule has 0 fully saturated rings. The van der Waals surface area contributed by atoms with Crippen molar-refractivity contribution in [3.8, 4) is 0 Å². The second-order valence-corrected chi connectivity index (χ2v) is 3.77. The Labute approximate surface area is 103 Å². The quantitative estimate of drug-likeness (QED) is 0.835. The van der Waals surface area contributed by atoms with Gasteiger partial charge in [-0.3, -0.25) is 4.79 Å². The predicted octanol–water partition coefficient (Wildman–Crippen LogP) is 1.36. The van der Waals surface area contributed by atoms with Crippen molar-refractivity contribution in [1.82, 2.24) is 14.6 Å². The third-order valence-corrected chi connectivity index (χ3v) is 2.36. The van der Waals surface area contributed by atoms with E-state index < -0.39 is 0 Å². The van der Waals surface area contributed by atoms with Crippen molar-refractivity contribution in [2.24, 2.45) is 0 Å². The Morgan fingerprint density at radius 3 is 3.18 bits per heavy atom. The number of rotatable bonds is 4. The third kappa shape index (κ3) is 2.85. The molecule has 0 aromatic carbocycles. The molecule has 17 heavy (non-hydrogen) atoms. The highest BCUT2D eigenvalue weighted by atomic mass is 35.5. The minimum atomic E-state index is -0.274. The Balaban J connectivity index is 2.02. The predicted molar refractivity (Wildman–Crippen MR) is 63.1 cm³/mol. The van der Waals surface area contributed by atoms with Crippen LogP contribution >= 0.6 is 11.6 Å². The van der Waals surface area contributed by atoms with E-state index in [0.717, 1.165) is 0 Å². The number of anilines is 1. The summed E-state index contributed by atoms with van der Waals surface area (Å²) < 4.78 is 6.09. The van der Waals surface area contributed by atoms with Crippen LogP contribution in [0.3, 0.4) is 0 Å². The summed E-state index contributed by atoms with van der Waals surface area (Å²) in [5.41, 5.74) is 0.690. The van der Waals surface area contributed by atoms with Crippen LogP contribution in [0.15, 0.2) is 18.3 Å². The maximum Gasteiger partial charge on any atom is 0.307 e. The molecule has 0 aliphatic carbocycles. The van der Waals surface area contributed by atoms with E-state index in [2.05, 4.69) is 20.1 Å². The first-order valence-corrected chi connectivity index (χ1v) is 5.39. The van der Waals surface area contributed by atoms with Crippen molar-refractivity contribution in [3.63, 3.8) is 0 Å². The average Bonchev–Trinajstić information content (AvgIpc) is 2.70. The van der Waals surface area contributed by atoms with Gasteiger partial charge in [-0.15, -0.1) is 5.10 Å². The molecule has 2 rings (SSSR count). The van der Waals surface area contributed by atoms with E-state index in [0.29, 0.717) is 23.2 Å². The number of aromatic nitrogens is 3. The highest BCUT2D eigenvalue weighted by Crippen LogP contribution is 2.11. The van der Waals surface area contributed by atoms with E-state index in [4.69, 9.17) is 11.6 Å². The number of halogens is 1. The van der Waals surface area contributed by atoms with Crippen molar-refractivity contribution in [2.45, 2.75) is 6.42 Å². The summed E-state index contributed by atoms with van der Waals surface area (Å²) in [4.78, 5) is 15.1. The van der Waals surface area contributed by atoms with Crippen molar-refractivity contribution < 1.29 is 9.53 Å². The molecular weight excluding hydrogens is 244 g/mol. The largest absolute Gasteiger partial charge is 0.469 e. The molecule has 1 N–H and O–H groups in total. The van der Waals surface area contributed by atoms with Crippen molar-refractivity contribution in [3.05, 3.63) is 23.4 Å². The number of methoxy groups -OCH3 is 1. The second-order valence-electron chi connectivity index (χ2n) is 3.34. The van der Waals surface area contributed by atoms with Crippen LogP contribution in [-0.4, -0.2) is 34.2 Å². The van der Waals surface area contributed by atoms with E-state index in [9.17, 15) is 4.79 Å². The van der Waals surface area contributed by atoms with Gasteiger partial charge in [0, 0.05) is 12.7 Å². The molecule has 0 unspecified atom stereocenters. The smallest absolute Gasteiger partial charge is 0.307 e. The van der Waals surface area contributed by atoms with Gasteiger partial charge in [-0.2, -0.15) is 4.98 Å². The van der Waals surface area contributed by atoms with Gasteiger partial charge in [0.25, 0.3) is 0 Å². The molecule has 0 aliphatic rings. The second kappa shape index (κ2) is 5.01. The molecule has 2 aromatic heterocycles. The van der Waals surface area contributed by atoms with Gasteiger partial charge in [-0.25, -0.2) is 4.52 Å². The van der Waals surface area contributed by atoms with Crippen LogP contribution in [0.25, 0.3) is 5.65 Å². The van der Waals surface area contributed by atoms with Gasteiger partial charge in [0.15, 0.2) is 5.65 Å². The summed E-state index contributed by atoms with van der Waals surface area (Å²) in [7, 11) is 1.35. The molecule has 0 radical (unpaired) electrons. The van der Waals surface area contributed by atoms with Crippen LogP contribution in [0.5, 0.6) is 0 Å². The molecule has 0 spiro atoms. The van der Waals surface area contributed by atoms with Crippen molar-refractivity contribution in [2.75, 3.05) is 19.0 Å². The van der Waals surface area contributed by atoms with Crippen LogP contribution in [0.4, 0.5) is 5.95 Å². The Morgan fingerprint density at radius 2 is 2.41 bits per heavy atom. The van der Waals surface area contributed by atoms with Crippen LogP contribution in [0, 0.1) is 0 Å². The number of fused-ring (bicyclic) bond motifs is 1. The Bertz CT molecular complexity index is 540. The fourth-order valence-electron chi connectivity index (χ4n) is 1.31. The molecule has 7 heteroatoms. The fourth-order valence-corrected chi connectivity index (χ4v) is 1.47. The van der Waals surface area contributed by atoms with Crippen molar-refractivity contribution >= 4 is 29.2 Å². The first kappa shape index (κ1) is 11.7. The van der Waals surface area contributed by atoms with Gasteiger partial charge < -0.3 is 10.1 Å². The SMILES string of the molecule is COC(=O)CCNc1nc2ccc(Cl)cn2n1. The molecule has 0 bridgehead atoms. The van der Waals surface area contributed by atoms with E-state index in [1.807, 2.05) is 0 Å². The number of hydrogen-bond acceptors (Lipinski definition) is 5. The molecule has 2 heterocycles. The number of carbonyl (C=O) groups excluding carboxylic acids is 1. The van der Waals surface area contributed by atoms with Gasteiger partial charge in [-0.05, 0) is 12.1 Å². The summed E-state index contributed by atoms with van der Waals surface area (Å²) in [5, 5.41) is 7.67.